The van der Waals surface area contributed by atoms with Crippen LogP contribution in [0.25, 0.3) is 6.08 Å². The third-order valence-corrected chi connectivity index (χ3v) is 4.17. The second-order valence-electron chi connectivity index (χ2n) is 5.72. The molecule has 4 nitrogen and oxygen atoms in total. The van der Waals surface area contributed by atoms with Gasteiger partial charge in [0.2, 0.25) is 0 Å². The normalized spacial score (nSPS) is 24.9. The highest BCUT2D eigenvalue weighted by Gasteiger charge is 2.29. The zero-order chi connectivity index (χ0) is 15.0. The fourth-order valence-corrected chi connectivity index (χ4v) is 2.71. The summed E-state index contributed by atoms with van der Waals surface area (Å²) in [5.41, 5.74) is 1.07. The van der Waals surface area contributed by atoms with E-state index < -0.39 is 6.10 Å². The Balaban J connectivity index is 1.80. The van der Waals surface area contributed by atoms with E-state index in [0.717, 1.165) is 6.42 Å². The van der Waals surface area contributed by atoms with Gasteiger partial charge in [-0.1, -0.05) is 6.92 Å². The maximum absolute atomic E-state index is 13.3. The third kappa shape index (κ3) is 2.78. The number of nitrogens with zero attached hydrogens (tertiary/aromatic N) is 1. The van der Waals surface area contributed by atoms with Gasteiger partial charge in [0.05, 0.1) is 11.7 Å². The van der Waals surface area contributed by atoms with Crippen molar-refractivity contribution in [3.63, 3.8) is 0 Å². The predicted molar refractivity (Wildman–Crippen MR) is 76.2 cm³/mol. The topological polar surface area (TPSA) is 49.8 Å². The van der Waals surface area contributed by atoms with Crippen LogP contribution >= 0.6 is 0 Å². The summed E-state index contributed by atoms with van der Waals surface area (Å²) in [6, 6.07) is 4.26. The van der Waals surface area contributed by atoms with Crippen molar-refractivity contribution in [2.45, 2.75) is 19.4 Å². The SMILES string of the molecule is CC1CCN(C(=O)C2=Cc3cc(F)ccc3OC2)CC1O. The maximum atomic E-state index is 13.3. The highest BCUT2D eigenvalue weighted by molar-refractivity contribution is 5.99. The van der Waals surface area contributed by atoms with Gasteiger partial charge in [-0.05, 0) is 36.6 Å². The molecule has 0 radical (unpaired) electrons. The van der Waals surface area contributed by atoms with Crippen molar-refractivity contribution >= 4 is 12.0 Å². The van der Waals surface area contributed by atoms with E-state index in [1.165, 1.54) is 12.1 Å². The number of hydrogen-bond donors (Lipinski definition) is 1. The molecule has 1 saturated heterocycles. The first-order valence-corrected chi connectivity index (χ1v) is 7.15. The van der Waals surface area contributed by atoms with E-state index >= 15 is 0 Å². The molecule has 2 atom stereocenters. The minimum atomic E-state index is -0.488. The Labute approximate surface area is 122 Å². The number of hydrogen-bond acceptors (Lipinski definition) is 3. The first kappa shape index (κ1) is 14.1. The average molecular weight is 291 g/mol. The van der Waals surface area contributed by atoms with Crippen molar-refractivity contribution in [1.29, 1.82) is 0 Å². The molecule has 1 amide bonds. The number of ether oxygens (including phenoxy) is 1. The first-order valence-electron chi connectivity index (χ1n) is 7.15. The second-order valence-corrected chi connectivity index (χ2v) is 5.72. The molecule has 3 rings (SSSR count). The van der Waals surface area contributed by atoms with Crippen LogP contribution in [0, 0.1) is 11.7 Å². The molecule has 5 heteroatoms. The van der Waals surface area contributed by atoms with E-state index in [9.17, 15) is 14.3 Å². The van der Waals surface area contributed by atoms with Crippen LogP contribution < -0.4 is 4.74 Å². The number of β-amino-alcohol motifs (C(OH)–C–C–N with tert-alkyl or cyclic N) is 1. The fourth-order valence-electron chi connectivity index (χ4n) is 2.71. The molecule has 21 heavy (non-hydrogen) atoms. The van der Waals surface area contributed by atoms with Crippen molar-refractivity contribution in [3.05, 3.63) is 35.2 Å². The van der Waals surface area contributed by atoms with Gasteiger partial charge in [0.15, 0.2) is 0 Å². The Morgan fingerprint density at radius 3 is 3.05 bits per heavy atom. The molecule has 1 fully saturated rings. The fraction of sp³-hybridized carbons (Fsp3) is 0.438. The Bertz CT molecular complexity index is 599. The molecule has 0 saturated carbocycles. The maximum Gasteiger partial charge on any atom is 0.253 e. The number of aliphatic hydroxyl groups excluding tert-OH is 1. The quantitative estimate of drug-likeness (QED) is 0.859. The van der Waals surface area contributed by atoms with Gasteiger partial charge in [0.1, 0.15) is 18.2 Å². The molecule has 2 aliphatic heterocycles. The zero-order valence-electron chi connectivity index (χ0n) is 11.9. The van der Waals surface area contributed by atoms with E-state index in [2.05, 4.69) is 0 Å². The van der Waals surface area contributed by atoms with Gasteiger partial charge >= 0.3 is 0 Å². The number of carbonyl (C=O) groups is 1. The van der Waals surface area contributed by atoms with Crippen LogP contribution in [-0.4, -0.2) is 41.7 Å². The van der Waals surface area contributed by atoms with E-state index in [1.807, 2.05) is 6.92 Å². The number of carbonyl (C=O) groups excluding carboxylic acids is 1. The standard InChI is InChI=1S/C16H18FNO3/c1-10-4-5-18(8-14(10)19)16(20)12-6-11-7-13(17)2-3-15(11)21-9-12/h2-3,6-7,10,14,19H,4-5,8-9H2,1H3. The van der Waals surface area contributed by atoms with Gasteiger partial charge in [-0.2, -0.15) is 0 Å². The molecule has 1 aromatic rings. The largest absolute Gasteiger partial charge is 0.488 e. The third-order valence-electron chi connectivity index (χ3n) is 4.17. The van der Waals surface area contributed by atoms with Gasteiger partial charge in [-0.3, -0.25) is 4.79 Å². The Morgan fingerprint density at radius 1 is 1.48 bits per heavy atom. The molecule has 0 aliphatic carbocycles. The molecule has 112 valence electrons. The molecule has 1 aromatic carbocycles. The number of halogens is 1. The van der Waals surface area contributed by atoms with Gasteiger partial charge in [0.25, 0.3) is 5.91 Å². The molecule has 0 aromatic heterocycles. The molecule has 2 heterocycles. The minimum absolute atomic E-state index is 0.143. The van der Waals surface area contributed by atoms with Crippen molar-refractivity contribution in [2.75, 3.05) is 19.7 Å². The lowest BCUT2D eigenvalue weighted by molar-refractivity contribution is -0.131. The molecule has 0 spiro atoms. The van der Waals surface area contributed by atoms with Crippen LogP contribution in [0.4, 0.5) is 4.39 Å². The number of piperidine rings is 1. The summed E-state index contributed by atoms with van der Waals surface area (Å²) in [7, 11) is 0. The number of fused-ring (bicyclic) bond motifs is 1. The van der Waals surface area contributed by atoms with Crippen molar-refractivity contribution in [2.24, 2.45) is 5.92 Å². The van der Waals surface area contributed by atoms with Crippen LogP contribution in [0.15, 0.2) is 23.8 Å². The minimum Gasteiger partial charge on any atom is -0.488 e. The zero-order valence-corrected chi connectivity index (χ0v) is 11.9. The average Bonchev–Trinajstić information content (AvgIpc) is 2.48. The highest BCUT2D eigenvalue weighted by Crippen LogP contribution is 2.28. The predicted octanol–water partition coefficient (Wildman–Crippen LogP) is 1.83. The van der Waals surface area contributed by atoms with Gasteiger partial charge in [-0.15, -0.1) is 0 Å². The summed E-state index contributed by atoms with van der Waals surface area (Å²) in [5, 5.41) is 9.90. The van der Waals surface area contributed by atoms with Crippen molar-refractivity contribution < 1.29 is 19.0 Å². The Kier molecular flexibility index (Phi) is 3.68. The van der Waals surface area contributed by atoms with E-state index in [0.29, 0.717) is 30.0 Å². The number of aliphatic hydroxyl groups is 1. The molecular formula is C16H18FNO3. The highest BCUT2D eigenvalue weighted by atomic mass is 19.1. The summed E-state index contributed by atoms with van der Waals surface area (Å²) in [6.45, 7) is 3.13. The molecule has 1 N–H and O–H groups in total. The smallest absolute Gasteiger partial charge is 0.253 e. The van der Waals surface area contributed by atoms with E-state index in [1.54, 1.807) is 17.0 Å². The lowest BCUT2D eigenvalue weighted by Gasteiger charge is -2.35. The summed E-state index contributed by atoms with van der Waals surface area (Å²) >= 11 is 0. The lowest BCUT2D eigenvalue weighted by Crippen LogP contribution is -2.46. The lowest BCUT2D eigenvalue weighted by atomic mass is 9.95. The van der Waals surface area contributed by atoms with Gasteiger partial charge in [0, 0.05) is 18.7 Å². The summed E-state index contributed by atoms with van der Waals surface area (Å²) in [4.78, 5) is 14.1. The monoisotopic (exact) mass is 291 g/mol. The van der Waals surface area contributed by atoms with Crippen LogP contribution in [0.3, 0.4) is 0 Å². The number of rotatable bonds is 1. The van der Waals surface area contributed by atoms with Gasteiger partial charge in [-0.25, -0.2) is 4.39 Å². The van der Waals surface area contributed by atoms with Crippen molar-refractivity contribution in [1.82, 2.24) is 4.90 Å². The molecule has 0 bridgehead atoms. The van der Waals surface area contributed by atoms with Crippen LogP contribution in [0.5, 0.6) is 5.75 Å². The summed E-state index contributed by atoms with van der Waals surface area (Å²) in [5.74, 6) is 0.293. The van der Waals surface area contributed by atoms with E-state index in [-0.39, 0.29) is 24.2 Å². The molecule has 2 unspecified atom stereocenters. The molecule has 2 aliphatic rings. The van der Waals surface area contributed by atoms with E-state index in [4.69, 9.17) is 4.74 Å². The van der Waals surface area contributed by atoms with Gasteiger partial charge < -0.3 is 14.7 Å². The summed E-state index contributed by atoms with van der Waals surface area (Å²) < 4.78 is 18.8. The Hall–Kier alpha value is -1.88. The molecular weight excluding hydrogens is 273 g/mol. The van der Waals surface area contributed by atoms with Crippen LogP contribution in [0.1, 0.15) is 18.9 Å². The number of likely N-dealkylation sites (tertiary alicyclic amines) is 1. The van der Waals surface area contributed by atoms with Crippen molar-refractivity contribution in [3.8, 4) is 5.75 Å². The first-order chi connectivity index (χ1) is 10.0. The number of amides is 1. The Morgan fingerprint density at radius 2 is 2.29 bits per heavy atom. The van der Waals surface area contributed by atoms with Crippen LogP contribution in [0.2, 0.25) is 0 Å². The van der Waals surface area contributed by atoms with Crippen LogP contribution in [-0.2, 0) is 4.79 Å². The second kappa shape index (κ2) is 5.48. The number of benzene rings is 1. The summed E-state index contributed by atoms with van der Waals surface area (Å²) in [6.07, 6.45) is 1.97.